The Morgan fingerprint density at radius 1 is 1.40 bits per heavy atom. The summed E-state index contributed by atoms with van der Waals surface area (Å²) in [5.74, 6) is 0.158. The van der Waals surface area contributed by atoms with E-state index in [0.717, 1.165) is 16.4 Å². The lowest BCUT2D eigenvalue weighted by Gasteiger charge is -2.23. The predicted octanol–water partition coefficient (Wildman–Crippen LogP) is 1.97. The lowest BCUT2D eigenvalue weighted by atomic mass is 10.0. The number of para-hydroxylation sites is 1. The molecular formula is C17H21N3O3S2. The molecule has 1 unspecified atom stereocenters. The van der Waals surface area contributed by atoms with Crippen molar-refractivity contribution in [3.05, 3.63) is 42.2 Å². The van der Waals surface area contributed by atoms with E-state index in [1.54, 1.807) is 13.1 Å². The molecule has 1 atom stereocenters. The largest absolute Gasteiger partial charge is 0.349 e. The minimum Gasteiger partial charge on any atom is -0.349 e. The van der Waals surface area contributed by atoms with Gasteiger partial charge in [-0.2, -0.15) is 0 Å². The van der Waals surface area contributed by atoms with E-state index in [1.807, 2.05) is 42.0 Å². The Labute approximate surface area is 152 Å². The lowest BCUT2D eigenvalue weighted by Crippen LogP contribution is -2.47. The molecule has 0 aliphatic carbocycles. The van der Waals surface area contributed by atoms with Crippen LogP contribution in [0.4, 0.5) is 0 Å². The summed E-state index contributed by atoms with van der Waals surface area (Å²) in [5, 5.41) is 3.60. The monoisotopic (exact) mass is 379 g/mol. The van der Waals surface area contributed by atoms with Gasteiger partial charge in [0.1, 0.15) is 0 Å². The number of rotatable bonds is 5. The highest BCUT2D eigenvalue weighted by Gasteiger charge is 2.39. The summed E-state index contributed by atoms with van der Waals surface area (Å²) in [4.78, 5) is 16.6. The van der Waals surface area contributed by atoms with E-state index >= 15 is 0 Å². The molecule has 1 N–H and O–H groups in total. The van der Waals surface area contributed by atoms with Crippen LogP contribution in [0.1, 0.15) is 18.9 Å². The molecular weight excluding hydrogens is 358 g/mol. The summed E-state index contributed by atoms with van der Waals surface area (Å²) in [6.45, 7) is 3.81. The molecule has 0 saturated carbocycles. The number of aromatic nitrogens is 2. The van der Waals surface area contributed by atoms with Crippen molar-refractivity contribution < 1.29 is 13.2 Å². The molecule has 1 saturated heterocycles. The smallest absolute Gasteiger partial charge is 0.230 e. The van der Waals surface area contributed by atoms with Crippen LogP contribution in [0.25, 0.3) is 5.69 Å². The maximum absolute atomic E-state index is 12.3. The molecule has 1 aliphatic rings. The first-order chi connectivity index (χ1) is 11.8. The first-order valence-corrected chi connectivity index (χ1v) is 10.8. The van der Waals surface area contributed by atoms with Crippen molar-refractivity contribution in [3.63, 3.8) is 0 Å². The van der Waals surface area contributed by atoms with Crippen molar-refractivity contribution in [2.24, 2.45) is 0 Å². The van der Waals surface area contributed by atoms with Gasteiger partial charge in [-0.25, -0.2) is 13.4 Å². The maximum Gasteiger partial charge on any atom is 0.230 e. The molecule has 8 heteroatoms. The number of nitrogens with one attached hydrogen (secondary N) is 1. The van der Waals surface area contributed by atoms with Crippen molar-refractivity contribution in [3.8, 4) is 5.69 Å². The second kappa shape index (κ2) is 6.84. The van der Waals surface area contributed by atoms with Crippen LogP contribution in [-0.4, -0.2) is 46.7 Å². The molecule has 0 spiro atoms. The van der Waals surface area contributed by atoms with E-state index in [0.29, 0.717) is 6.42 Å². The fourth-order valence-corrected chi connectivity index (χ4v) is 5.88. The number of carbonyl (C=O) groups excluding carboxylic acids is 1. The van der Waals surface area contributed by atoms with Gasteiger partial charge >= 0.3 is 0 Å². The van der Waals surface area contributed by atoms with Crippen LogP contribution in [0.3, 0.4) is 0 Å². The van der Waals surface area contributed by atoms with Crippen molar-refractivity contribution in [1.29, 1.82) is 0 Å². The number of aryl methyl sites for hydroxylation is 1. The number of sulfone groups is 1. The average molecular weight is 380 g/mol. The highest BCUT2D eigenvalue weighted by atomic mass is 32.2. The molecule has 134 valence electrons. The quantitative estimate of drug-likeness (QED) is 0.804. The Morgan fingerprint density at radius 3 is 2.84 bits per heavy atom. The SMILES string of the molecule is Cc1ccccc1-n1ccnc1SCC(=O)NC1(C)CCS(=O)(=O)C1. The van der Waals surface area contributed by atoms with Gasteiger partial charge in [-0.1, -0.05) is 30.0 Å². The molecule has 0 bridgehead atoms. The van der Waals surface area contributed by atoms with Crippen molar-refractivity contribution in [1.82, 2.24) is 14.9 Å². The van der Waals surface area contributed by atoms with Crippen LogP contribution in [-0.2, 0) is 14.6 Å². The normalized spacial score (nSPS) is 22.0. The molecule has 0 radical (unpaired) electrons. The number of thioether (sulfide) groups is 1. The van der Waals surface area contributed by atoms with Crippen molar-refractivity contribution >= 4 is 27.5 Å². The molecule has 1 aliphatic heterocycles. The van der Waals surface area contributed by atoms with E-state index in [9.17, 15) is 13.2 Å². The summed E-state index contributed by atoms with van der Waals surface area (Å²) in [6, 6.07) is 7.97. The third kappa shape index (κ3) is 4.24. The van der Waals surface area contributed by atoms with Crippen molar-refractivity contribution in [2.75, 3.05) is 17.3 Å². The van der Waals surface area contributed by atoms with Gasteiger partial charge in [0, 0.05) is 12.4 Å². The minimum absolute atomic E-state index is 0.00818. The number of hydrogen-bond donors (Lipinski definition) is 1. The molecule has 2 aromatic rings. The molecule has 1 amide bonds. The zero-order valence-electron chi connectivity index (χ0n) is 14.2. The number of benzene rings is 1. The van der Waals surface area contributed by atoms with E-state index in [1.165, 1.54) is 11.8 Å². The van der Waals surface area contributed by atoms with Crippen molar-refractivity contribution in [2.45, 2.75) is 31.0 Å². The summed E-state index contributed by atoms with van der Waals surface area (Å²) >= 11 is 1.34. The Bertz CT molecular complexity index is 892. The summed E-state index contributed by atoms with van der Waals surface area (Å²) in [6.07, 6.45) is 4.04. The first-order valence-electron chi connectivity index (χ1n) is 8.02. The molecule has 3 rings (SSSR count). The van der Waals surface area contributed by atoms with Gasteiger partial charge in [-0.3, -0.25) is 9.36 Å². The minimum atomic E-state index is -3.04. The van der Waals surface area contributed by atoms with Gasteiger partial charge in [0.15, 0.2) is 15.0 Å². The van der Waals surface area contributed by atoms with E-state index < -0.39 is 15.4 Å². The molecule has 1 aromatic heterocycles. The lowest BCUT2D eigenvalue weighted by molar-refractivity contribution is -0.120. The van der Waals surface area contributed by atoms with Gasteiger partial charge < -0.3 is 5.32 Å². The second-order valence-corrected chi connectivity index (χ2v) is 9.73. The van der Waals surface area contributed by atoms with Gasteiger partial charge in [0.2, 0.25) is 5.91 Å². The summed E-state index contributed by atoms with van der Waals surface area (Å²) in [5.41, 5.74) is 1.48. The van der Waals surface area contributed by atoms with Crippen LogP contribution in [0.15, 0.2) is 41.8 Å². The zero-order valence-corrected chi connectivity index (χ0v) is 15.9. The van der Waals surface area contributed by atoms with Crippen LogP contribution in [0.2, 0.25) is 0 Å². The highest BCUT2D eigenvalue weighted by Crippen LogP contribution is 2.25. The molecule has 2 heterocycles. The van der Waals surface area contributed by atoms with Crippen LogP contribution in [0, 0.1) is 6.92 Å². The molecule has 1 aromatic carbocycles. The highest BCUT2D eigenvalue weighted by molar-refractivity contribution is 7.99. The van der Waals surface area contributed by atoms with Gasteiger partial charge in [0.05, 0.1) is 28.5 Å². The standard InChI is InChI=1S/C17H21N3O3S2/c1-13-5-3-4-6-14(13)20-9-8-18-16(20)24-11-15(21)19-17(2)7-10-25(22,23)12-17/h3-6,8-9H,7,10-12H2,1-2H3,(H,19,21). The third-order valence-electron chi connectivity index (χ3n) is 4.26. The Hall–Kier alpha value is -1.80. The topological polar surface area (TPSA) is 81.1 Å². The number of carbonyl (C=O) groups is 1. The zero-order chi connectivity index (χ0) is 18.1. The Kier molecular flexibility index (Phi) is 4.92. The number of imidazole rings is 1. The van der Waals surface area contributed by atoms with Gasteiger partial charge in [-0.15, -0.1) is 0 Å². The fourth-order valence-electron chi connectivity index (χ4n) is 3.03. The number of hydrogen-bond acceptors (Lipinski definition) is 5. The van der Waals surface area contributed by atoms with Crippen LogP contribution < -0.4 is 5.32 Å². The third-order valence-corrected chi connectivity index (χ3v) is 7.13. The molecule has 1 fully saturated rings. The molecule has 25 heavy (non-hydrogen) atoms. The Morgan fingerprint density at radius 2 is 2.16 bits per heavy atom. The van der Waals surface area contributed by atoms with Crippen LogP contribution >= 0.6 is 11.8 Å². The van der Waals surface area contributed by atoms with E-state index in [2.05, 4.69) is 10.3 Å². The van der Waals surface area contributed by atoms with E-state index in [-0.39, 0.29) is 23.2 Å². The van der Waals surface area contributed by atoms with Crippen LogP contribution in [0.5, 0.6) is 0 Å². The second-order valence-electron chi connectivity index (χ2n) is 6.61. The Balaban J connectivity index is 1.64. The average Bonchev–Trinajstić information content (AvgIpc) is 3.09. The summed E-state index contributed by atoms with van der Waals surface area (Å²) in [7, 11) is -3.04. The number of nitrogens with zero attached hydrogens (tertiary/aromatic N) is 2. The van der Waals surface area contributed by atoms with E-state index in [4.69, 9.17) is 0 Å². The molecule has 6 nitrogen and oxygen atoms in total. The van der Waals surface area contributed by atoms with Gasteiger partial charge in [0.25, 0.3) is 0 Å². The first kappa shape index (κ1) is 18.0. The fraction of sp³-hybridized carbons (Fsp3) is 0.412. The summed E-state index contributed by atoms with van der Waals surface area (Å²) < 4.78 is 25.2. The maximum atomic E-state index is 12.3. The predicted molar refractivity (Wildman–Crippen MR) is 98.8 cm³/mol. The van der Waals surface area contributed by atoms with Gasteiger partial charge in [-0.05, 0) is 31.9 Å². The number of amides is 1.